The first kappa shape index (κ1) is 21.6. The largest absolute Gasteiger partial charge is 0.340 e. The highest BCUT2D eigenvalue weighted by molar-refractivity contribution is 7.89. The minimum absolute atomic E-state index is 0.0836. The zero-order valence-electron chi connectivity index (χ0n) is 17.3. The minimum Gasteiger partial charge on any atom is -0.340 e. The smallest absolute Gasteiger partial charge is 0.259 e. The summed E-state index contributed by atoms with van der Waals surface area (Å²) in [7, 11) is -3.61. The number of hydrogen-bond acceptors (Lipinski definition) is 7. The summed E-state index contributed by atoms with van der Waals surface area (Å²) in [5.74, 6) is 0.407. The first-order valence-corrected chi connectivity index (χ1v) is 12.2. The Balaban J connectivity index is 1.37. The maximum atomic E-state index is 12.7. The number of thiophene rings is 1. The second kappa shape index (κ2) is 8.48. The van der Waals surface area contributed by atoms with E-state index in [0.29, 0.717) is 35.6 Å². The standard InChI is InChI=1S/C20H23N5O4S2/c1-13-14(2)30-20-18(13)19(27)22-16(23-20)5-6-17(26)24-8-10-25(11-9-24)31(28,29)15-4-3-7-21-12-15/h3-4,7,12H,5-6,8-11H2,1-2H3,(H,22,23,27). The molecule has 1 aliphatic heterocycles. The molecule has 9 nitrogen and oxygen atoms in total. The molecule has 0 spiro atoms. The van der Waals surface area contributed by atoms with Crippen molar-refractivity contribution in [1.82, 2.24) is 24.2 Å². The molecule has 0 unspecified atom stereocenters. The van der Waals surface area contributed by atoms with Crippen LogP contribution in [0.3, 0.4) is 0 Å². The fourth-order valence-corrected chi connectivity index (χ4v) is 6.06. The normalized spacial score (nSPS) is 15.5. The van der Waals surface area contributed by atoms with Crippen LogP contribution in [0.25, 0.3) is 10.2 Å². The molecule has 0 radical (unpaired) electrons. The summed E-state index contributed by atoms with van der Waals surface area (Å²) >= 11 is 1.48. The fourth-order valence-electron chi connectivity index (χ4n) is 3.63. The molecular weight excluding hydrogens is 438 g/mol. The maximum absolute atomic E-state index is 12.7. The summed E-state index contributed by atoms with van der Waals surface area (Å²) in [6, 6.07) is 3.10. The van der Waals surface area contributed by atoms with E-state index < -0.39 is 10.0 Å². The van der Waals surface area contributed by atoms with E-state index in [0.717, 1.165) is 10.4 Å². The SMILES string of the molecule is Cc1sc2nc(CCC(=O)N3CCN(S(=O)(=O)c4cccnc4)CC3)[nH]c(=O)c2c1C. The zero-order valence-corrected chi connectivity index (χ0v) is 18.9. The third kappa shape index (κ3) is 4.25. The van der Waals surface area contributed by atoms with Crippen molar-refractivity contribution in [3.8, 4) is 0 Å². The average molecular weight is 462 g/mol. The summed E-state index contributed by atoms with van der Waals surface area (Å²) in [5, 5.41) is 0.614. The molecule has 4 rings (SSSR count). The third-order valence-electron chi connectivity index (χ3n) is 5.53. The van der Waals surface area contributed by atoms with Crippen LogP contribution in [0.1, 0.15) is 22.7 Å². The number of carbonyl (C=O) groups excluding carboxylic acids is 1. The minimum atomic E-state index is -3.61. The van der Waals surface area contributed by atoms with E-state index in [9.17, 15) is 18.0 Å². The molecule has 4 heterocycles. The molecule has 1 amide bonds. The molecule has 3 aromatic rings. The first-order chi connectivity index (χ1) is 14.8. The highest BCUT2D eigenvalue weighted by atomic mass is 32.2. The van der Waals surface area contributed by atoms with Crippen molar-refractivity contribution >= 4 is 37.5 Å². The van der Waals surface area contributed by atoms with Gasteiger partial charge in [-0.3, -0.25) is 14.6 Å². The summed E-state index contributed by atoms with van der Waals surface area (Å²) in [5.41, 5.74) is 0.763. The van der Waals surface area contributed by atoms with Crippen molar-refractivity contribution in [2.24, 2.45) is 0 Å². The number of piperazine rings is 1. The Morgan fingerprint density at radius 1 is 1.23 bits per heavy atom. The average Bonchev–Trinajstić information content (AvgIpc) is 3.06. The lowest BCUT2D eigenvalue weighted by Gasteiger charge is -2.34. The number of sulfonamides is 1. The fraction of sp³-hybridized carbons (Fsp3) is 0.400. The summed E-state index contributed by atoms with van der Waals surface area (Å²) in [6.45, 7) is 4.98. The quantitative estimate of drug-likeness (QED) is 0.615. The van der Waals surface area contributed by atoms with Crippen LogP contribution in [-0.2, 0) is 21.2 Å². The van der Waals surface area contributed by atoms with Crippen LogP contribution in [0.5, 0.6) is 0 Å². The van der Waals surface area contributed by atoms with Crippen LogP contribution in [0, 0.1) is 13.8 Å². The van der Waals surface area contributed by atoms with Crippen LogP contribution in [0.15, 0.2) is 34.2 Å². The van der Waals surface area contributed by atoms with Gasteiger partial charge in [-0.1, -0.05) is 0 Å². The lowest BCUT2D eigenvalue weighted by atomic mass is 10.2. The van der Waals surface area contributed by atoms with Gasteiger partial charge in [-0.2, -0.15) is 4.31 Å². The van der Waals surface area contributed by atoms with E-state index in [-0.39, 0.29) is 35.9 Å². The Labute approximate surface area is 183 Å². The summed E-state index contributed by atoms with van der Waals surface area (Å²) in [6.07, 6.45) is 3.38. The van der Waals surface area contributed by atoms with Gasteiger partial charge in [0.15, 0.2) is 0 Å². The second-order valence-corrected chi connectivity index (χ2v) is 10.6. The Bertz CT molecular complexity index is 1280. The number of aromatic amines is 1. The monoisotopic (exact) mass is 461 g/mol. The van der Waals surface area contributed by atoms with Gasteiger partial charge in [0.1, 0.15) is 15.6 Å². The van der Waals surface area contributed by atoms with Crippen LogP contribution >= 0.6 is 11.3 Å². The number of nitrogens with zero attached hydrogens (tertiary/aromatic N) is 4. The molecule has 0 aromatic carbocycles. The topological polar surface area (TPSA) is 116 Å². The molecule has 1 N–H and O–H groups in total. The van der Waals surface area contributed by atoms with E-state index in [1.54, 1.807) is 11.0 Å². The second-order valence-electron chi connectivity index (χ2n) is 7.45. The number of carbonyl (C=O) groups is 1. The molecule has 3 aromatic heterocycles. The number of pyridine rings is 1. The van der Waals surface area contributed by atoms with Crippen molar-refractivity contribution in [3.05, 3.63) is 51.1 Å². The van der Waals surface area contributed by atoms with Crippen molar-refractivity contribution in [2.75, 3.05) is 26.2 Å². The molecule has 0 saturated carbocycles. The third-order valence-corrected chi connectivity index (χ3v) is 8.51. The molecule has 1 saturated heterocycles. The van der Waals surface area contributed by atoms with Crippen molar-refractivity contribution in [3.63, 3.8) is 0 Å². The van der Waals surface area contributed by atoms with Crippen molar-refractivity contribution in [2.45, 2.75) is 31.6 Å². The van der Waals surface area contributed by atoms with Gasteiger partial charge in [-0.05, 0) is 31.5 Å². The van der Waals surface area contributed by atoms with Crippen LogP contribution in [0.4, 0.5) is 0 Å². The van der Waals surface area contributed by atoms with Gasteiger partial charge >= 0.3 is 0 Å². The van der Waals surface area contributed by atoms with Gasteiger partial charge in [0.2, 0.25) is 15.9 Å². The number of rotatable bonds is 5. The summed E-state index contributed by atoms with van der Waals surface area (Å²) in [4.78, 5) is 39.7. The number of H-pyrrole nitrogens is 1. The predicted molar refractivity (Wildman–Crippen MR) is 118 cm³/mol. The Kier molecular flexibility index (Phi) is 5.91. The van der Waals surface area contributed by atoms with E-state index in [2.05, 4.69) is 15.0 Å². The molecule has 11 heteroatoms. The molecule has 164 valence electrons. The Morgan fingerprint density at radius 3 is 2.65 bits per heavy atom. The lowest BCUT2D eigenvalue weighted by molar-refractivity contribution is -0.132. The number of fused-ring (bicyclic) bond motifs is 1. The summed E-state index contributed by atoms with van der Waals surface area (Å²) < 4.78 is 26.7. The Hall–Kier alpha value is -2.63. The zero-order chi connectivity index (χ0) is 22.2. The molecule has 1 aliphatic rings. The van der Waals surface area contributed by atoms with Crippen LogP contribution in [0.2, 0.25) is 0 Å². The Morgan fingerprint density at radius 2 is 1.97 bits per heavy atom. The molecule has 0 atom stereocenters. The number of hydrogen-bond donors (Lipinski definition) is 1. The van der Waals surface area contributed by atoms with E-state index in [1.807, 2.05) is 13.8 Å². The number of aryl methyl sites for hydroxylation is 3. The molecule has 1 fully saturated rings. The van der Waals surface area contributed by atoms with Crippen molar-refractivity contribution in [1.29, 1.82) is 0 Å². The van der Waals surface area contributed by atoms with Gasteiger partial charge < -0.3 is 9.88 Å². The molecule has 0 aliphatic carbocycles. The van der Waals surface area contributed by atoms with Gasteiger partial charge in [-0.15, -0.1) is 11.3 Å². The van der Waals surface area contributed by atoms with Crippen molar-refractivity contribution < 1.29 is 13.2 Å². The van der Waals surface area contributed by atoms with E-state index in [4.69, 9.17) is 0 Å². The maximum Gasteiger partial charge on any atom is 0.259 e. The van der Waals surface area contributed by atoms with Gasteiger partial charge in [0.05, 0.1) is 5.39 Å². The van der Waals surface area contributed by atoms with Gasteiger partial charge in [0, 0.05) is 56.3 Å². The van der Waals surface area contributed by atoms with E-state index >= 15 is 0 Å². The highest BCUT2D eigenvalue weighted by Gasteiger charge is 2.30. The van der Waals surface area contributed by atoms with E-state index in [1.165, 1.54) is 34.1 Å². The molecule has 31 heavy (non-hydrogen) atoms. The number of amides is 1. The van der Waals surface area contributed by atoms with Gasteiger partial charge in [-0.25, -0.2) is 13.4 Å². The van der Waals surface area contributed by atoms with Gasteiger partial charge in [0.25, 0.3) is 5.56 Å². The molecule has 0 bridgehead atoms. The number of nitrogens with one attached hydrogen (secondary N) is 1. The lowest BCUT2D eigenvalue weighted by Crippen LogP contribution is -2.50. The molecular formula is C20H23N5O4S2. The number of aromatic nitrogens is 3. The highest BCUT2D eigenvalue weighted by Crippen LogP contribution is 2.25. The van der Waals surface area contributed by atoms with Crippen LogP contribution in [-0.4, -0.2) is 64.7 Å². The van der Waals surface area contributed by atoms with Crippen LogP contribution < -0.4 is 5.56 Å². The first-order valence-electron chi connectivity index (χ1n) is 9.94. The predicted octanol–water partition coefficient (Wildman–Crippen LogP) is 1.46.